The molecule has 1 aliphatic rings. The van der Waals surface area contributed by atoms with Gasteiger partial charge in [0.05, 0.1) is 11.9 Å². The first-order valence-corrected chi connectivity index (χ1v) is 11.2. The van der Waals surface area contributed by atoms with Gasteiger partial charge in [0.25, 0.3) is 11.5 Å². The predicted octanol–water partition coefficient (Wildman–Crippen LogP) is 2.52. The molecule has 4 aromatic heterocycles. The molecule has 1 saturated heterocycles. The number of nitrogens with zero attached hydrogens (tertiary/aromatic N) is 5. The minimum absolute atomic E-state index is 0.0414. The fourth-order valence-electron chi connectivity index (χ4n) is 4.11. The normalized spacial score (nSPS) is 15.3. The molecule has 8 nitrogen and oxygen atoms in total. The van der Waals surface area contributed by atoms with E-state index in [4.69, 9.17) is 0 Å². The van der Waals surface area contributed by atoms with E-state index < -0.39 is 0 Å². The van der Waals surface area contributed by atoms with Crippen LogP contribution in [-0.2, 0) is 6.54 Å². The van der Waals surface area contributed by atoms with Crippen LogP contribution in [0.3, 0.4) is 0 Å². The van der Waals surface area contributed by atoms with Gasteiger partial charge in [0, 0.05) is 42.9 Å². The monoisotopic (exact) mass is 436 g/mol. The van der Waals surface area contributed by atoms with Gasteiger partial charge in [-0.25, -0.2) is 9.97 Å². The number of hydrogen-bond donors (Lipinski definition) is 1. The number of amides is 1. The smallest absolute Gasteiger partial charge is 0.274 e. The van der Waals surface area contributed by atoms with Crippen molar-refractivity contribution in [2.75, 3.05) is 26.2 Å². The van der Waals surface area contributed by atoms with Gasteiger partial charge in [0.1, 0.15) is 22.0 Å². The molecule has 0 aliphatic carbocycles. The standard InChI is InChI=1S/C22H24N6O2S/c1-13-5-4-6-18-23-16(11-28(13)18)22(30)27-9-7-26(8-10-27)12-17-24-20(29)19-14(2)15(3)31-21(19)25-17/h4-6,11H,7-10,12H2,1-3H3,(H,24,25,29). The van der Waals surface area contributed by atoms with Crippen LogP contribution in [0.25, 0.3) is 15.9 Å². The Morgan fingerprint density at radius 1 is 1.13 bits per heavy atom. The summed E-state index contributed by atoms with van der Waals surface area (Å²) in [5, 5.41) is 0.698. The lowest BCUT2D eigenvalue weighted by Gasteiger charge is -2.34. The van der Waals surface area contributed by atoms with Crippen LogP contribution < -0.4 is 5.56 Å². The Hall–Kier alpha value is -3.04. The molecule has 0 bridgehead atoms. The lowest BCUT2D eigenvalue weighted by molar-refractivity contribution is 0.0620. The van der Waals surface area contributed by atoms with E-state index in [1.807, 2.05) is 54.5 Å². The van der Waals surface area contributed by atoms with Gasteiger partial charge in [0.2, 0.25) is 0 Å². The number of pyridine rings is 1. The molecule has 160 valence electrons. The van der Waals surface area contributed by atoms with Gasteiger partial charge in [0.15, 0.2) is 0 Å². The van der Waals surface area contributed by atoms with Crippen LogP contribution >= 0.6 is 11.3 Å². The van der Waals surface area contributed by atoms with Gasteiger partial charge in [-0.1, -0.05) is 6.07 Å². The minimum Gasteiger partial charge on any atom is -0.335 e. The van der Waals surface area contributed by atoms with E-state index >= 15 is 0 Å². The molecule has 5 heterocycles. The zero-order valence-electron chi connectivity index (χ0n) is 17.8. The Morgan fingerprint density at radius 3 is 2.65 bits per heavy atom. The van der Waals surface area contributed by atoms with E-state index in [0.717, 1.165) is 39.7 Å². The Morgan fingerprint density at radius 2 is 1.90 bits per heavy atom. The van der Waals surface area contributed by atoms with Crippen molar-refractivity contribution in [2.24, 2.45) is 0 Å². The summed E-state index contributed by atoms with van der Waals surface area (Å²) in [6, 6.07) is 5.85. The first kappa shape index (κ1) is 19.9. The maximum atomic E-state index is 12.9. The molecular formula is C22H24N6O2S. The average molecular weight is 437 g/mol. The van der Waals surface area contributed by atoms with E-state index in [1.165, 1.54) is 0 Å². The van der Waals surface area contributed by atoms with Crippen LogP contribution in [-0.4, -0.2) is 61.2 Å². The Kier molecular flexibility index (Phi) is 4.86. The number of aryl methyl sites for hydroxylation is 3. The third kappa shape index (κ3) is 3.53. The van der Waals surface area contributed by atoms with Crippen molar-refractivity contribution in [1.82, 2.24) is 29.2 Å². The van der Waals surface area contributed by atoms with E-state index in [-0.39, 0.29) is 11.5 Å². The third-order valence-corrected chi connectivity index (χ3v) is 7.14. The Balaban J connectivity index is 1.27. The molecule has 1 amide bonds. The van der Waals surface area contributed by atoms with Gasteiger partial charge in [-0.05, 0) is 38.5 Å². The molecule has 0 atom stereocenters. The fourth-order valence-corrected chi connectivity index (χ4v) is 5.16. The zero-order chi connectivity index (χ0) is 21.7. The first-order chi connectivity index (χ1) is 14.9. The molecule has 31 heavy (non-hydrogen) atoms. The quantitative estimate of drug-likeness (QED) is 0.533. The summed E-state index contributed by atoms with van der Waals surface area (Å²) in [6.07, 6.45) is 1.81. The molecule has 0 spiro atoms. The second kappa shape index (κ2) is 7.58. The van der Waals surface area contributed by atoms with Crippen LogP contribution in [0, 0.1) is 20.8 Å². The highest BCUT2D eigenvalue weighted by atomic mass is 32.1. The summed E-state index contributed by atoms with van der Waals surface area (Å²) in [5.41, 5.74) is 3.24. The van der Waals surface area contributed by atoms with Crippen LogP contribution in [0.15, 0.2) is 29.2 Å². The molecule has 5 rings (SSSR count). The molecule has 0 radical (unpaired) electrons. The largest absolute Gasteiger partial charge is 0.335 e. The van der Waals surface area contributed by atoms with Gasteiger partial charge < -0.3 is 14.3 Å². The fraction of sp³-hybridized carbons (Fsp3) is 0.364. The number of piperazine rings is 1. The summed E-state index contributed by atoms with van der Waals surface area (Å²) < 4.78 is 1.94. The molecule has 1 aliphatic heterocycles. The summed E-state index contributed by atoms with van der Waals surface area (Å²) in [4.78, 5) is 43.5. The number of hydrogen-bond acceptors (Lipinski definition) is 6. The topological polar surface area (TPSA) is 86.6 Å². The molecule has 1 N–H and O–H groups in total. The van der Waals surface area contributed by atoms with E-state index in [9.17, 15) is 9.59 Å². The predicted molar refractivity (Wildman–Crippen MR) is 121 cm³/mol. The Labute approximate surface area is 183 Å². The SMILES string of the molecule is Cc1sc2nc(CN3CCN(C(=O)c4cn5c(C)cccc5n4)CC3)[nH]c(=O)c2c1C. The van der Waals surface area contributed by atoms with Crippen molar-refractivity contribution in [3.05, 3.63) is 62.4 Å². The molecule has 0 saturated carbocycles. The van der Waals surface area contributed by atoms with Crippen molar-refractivity contribution >= 4 is 33.1 Å². The van der Waals surface area contributed by atoms with Gasteiger partial charge >= 0.3 is 0 Å². The second-order valence-corrected chi connectivity index (χ2v) is 9.27. The highest BCUT2D eigenvalue weighted by Gasteiger charge is 2.25. The van der Waals surface area contributed by atoms with Crippen molar-refractivity contribution < 1.29 is 4.79 Å². The van der Waals surface area contributed by atoms with Crippen molar-refractivity contribution in [3.8, 4) is 0 Å². The van der Waals surface area contributed by atoms with Crippen LogP contribution in [0.5, 0.6) is 0 Å². The lowest BCUT2D eigenvalue weighted by Crippen LogP contribution is -2.48. The molecular weight excluding hydrogens is 412 g/mol. The maximum absolute atomic E-state index is 12.9. The molecule has 4 aromatic rings. The lowest BCUT2D eigenvalue weighted by atomic mass is 10.2. The van der Waals surface area contributed by atoms with Crippen molar-refractivity contribution in [2.45, 2.75) is 27.3 Å². The number of carbonyl (C=O) groups is 1. The molecule has 0 aromatic carbocycles. The van der Waals surface area contributed by atoms with Gasteiger partial charge in [-0.3, -0.25) is 14.5 Å². The van der Waals surface area contributed by atoms with Crippen molar-refractivity contribution in [3.63, 3.8) is 0 Å². The number of thiophene rings is 1. The summed E-state index contributed by atoms with van der Waals surface area (Å²) >= 11 is 1.56. The number of aromatic nitrogens is 4. The molecule has 9 heteroatoms. The number of imidazole rings is 1. The van der Waals surface area contributed by atoms with E-state index in [0.29, 0.717) is 36.5 Å². The van der Waals surface area contributed by atoms with Crippen LogP contribution in [0.4, 0.5) is 0 Å². The average Bonchev–Trinajstić information content (AvgIpc) is 3.30. The van der Waals surface area contributed by atoms with E-state index in [1.54, 1.807) is 11.3 Å². The minimum atomic E-state index is -0.0715. The number of aromatic amines is 1. The number of fused-ring (bicyclic) bond motifs is 2. The van der Waals surface area contributed by atoms with Crippen LogP contribution in [0.1, 0.15) is 32.4 Å². The summed E-state index contributed by atoms with van der Waals surface area (Å²) in [5.74, 6) is 0.634. The number of nitrogens with one attached hydrogen (secondary N) is 1. The zero-order valence-corrected chi connectivity index (χ0v) is 18.6. The second-order valence-electron chi connectivity index (χ2n) is 8.07. The maximum Gasteiger partial charge on any atom is 0.274 e. The van der Waals surface area contributed by atoms with Gasteiger partial charge in [-0.2, -0.15) is 0 Å². The van der Waals surface area contributed by atoms with Crippen LogP contribution in [0.2, 0.25) is 0 Å². The summed E-state index contributed by atoms with van der Waals surface area (Å²) in [6.45, 7) is 9.23. The number of rotatable bonds is 3. The van der Waals surface area contributed by atoms with Gasteiger partial charge in [-0.15, -0.1) is 11.3 Å². The summed E-state index contributed by atoms with van der Waals surface area (Å²) in [7, 11) is 0. The highest BCUT2D eigenvalue weighted by molar-refractivity contribution is 7.18. The Bertz CT molecular complexity index is 1360. The third-order valence-electron chi connectivity index (χ3n) is 6.04. The molecule has 0 unspecified atom stereocenters. The first-order valence-electron chi connectivity index (χ1n) is 10.4. The number of H-pyrrole nitrogens is 1. The van der Waals surface area contributed by atoms with E-state index in [2.05, 4.69) is 19.9 Å². The number of carbonyl (C=O) groups excluding carboxylic acids is 1. The highest BCUT2D eigenvalue weighted by Crippen LogP contribution is 2.25. The van der Waals surface area contributed by atoms with Crippen molar-refractivity contribution in [1.29, 1.82) is 0 Å². The molecule has 1 fully saturated rings.